The topological polar surface area (TPSA) is 119 Å². The number of thioether (sulfide) groups is 1. The van der Waals surface area contributed by atoms with Crippen molar-refractivity contribution < 1.29 is 24.4 Å². The predicted molar refractivity (Wildman–Crippen MR) is 87.6 cm³/mol. The van der Waals surface area contributed by atoms with Crippen LogP contribution in [0.15, 0.2) is 24.3 Å². The smallest absolute Gasteiger partial charge is 0.383 e. The van der Waals surface area contributed by atoms with Crippen LogP contribution < -0.4 is 5.32 Å². The van der Waals surface area contributed by atoms with Crippen LogP contribution >= 0.6 is 11.8 Å². The summed E-state index contributed by atoms with van der Waals surface area (Å²) in [5, 5.41) is 22.7. The van der Waals surface area contributed by atoms with Crippen LogP contribution in [-0.4, -0.2) is 46.1 Å². The van der Waals surface area contributed by atoms with Crippen molar-refractivity contribution in [1.29, 1.82) is 0 Å². The molecule has 24 heavy (non-hydrogen) atoms. The van der Waals surface area contributed by atoms with Crippen molar-refractivity contribution in [2.75, 3.05) is 18.8 Å². The summed E-state index contributed by atoms with van der Waals surface area (Å²) in [6.45, 7) is 2.08. The minimum Gasteiger partial charge on any atom is -0.481 e. The summed E-state index contributed by atoms with van der Waals surface area (Å²) in [5.74, 6) is -1.10. The number of piperidine rings is 1. The molecule has 3 heterocycles. The number of nitrogens with one attached hydrogen (secondary N) is 1. The molecule has 1 aromatic rings. The predicted octanol–water partition coefficient (Wildman–Crippen LogP) is 1.69. The fourth-order valence-corrected chi connectivity index (χ4v) is 3.28. The molecule has 1 fully saturated rings. The van der Waals surface area contributed by atoms with Gasteiger partial charge in [0.2, 0.25) is 0 Å². The fraction of sp³-hybridized carbons (Fsp3) is 0.467. The highest BCUT2D eigenvalue weighted by Crippen LogP contribution is 2.24. The van der Waals surface area contributed by atoms with Crippen LogP contribution in [0.2, 0.25) is 0 Å². The van der Waals surface area contributed by atoms with Gasteiger partial charge in [-0.3, -0.25) is 14.9 Å². The van der Waals surface area contributed by atoms with E-state index in [-0.39, 0.29) is 5.75 Å². The maximum absolute atomic E-state index is 11.1. The number of nitro groups is 1. The van der Waals surface area contributed by atoms with Gasteiger partial charge in [-0.05, 0) is 50.2 Å². The molecule has 1 saturated heterocycles. The van der Waals surface area contributed by atoms with Gasteiger partial charge < -0.3 is 15.2 Å². The lowest BCUT2D eigenvalue weighted by Crippen LogP contribution is -2.29. The second-order valence-electron chi connectivity index (χ2n) is 5.32. The summed E-state index contributed by atoms with van der Waals surface area (Å²) in [4.78, 5) is 31.2. The number of benzene rings is 1. The SMILES string of the molecule is O=C(O)CSC1CCNCC1.O=C1OC([N+](=O)[O-])c2ccc1cc2. The van der Waals surface area contributed by atoms with Gasteiger partial charge >= 0.3 is 18.2 Å². The third-order valence-corrected chi connectivity index (χ3v) is 4.93. The fourth-order valence-electron chi connectivity index (χ4n) is 2.34. The maximum Gasteiger partial charge on any atom is 0.383 e. The number of ether oxygens (including phenoxy) is 1. The average Bonchev–Trinajstić information content (AvgIpc) is 2.84. The van der Waals surface area contributed by atoms with Crippen molar-refractivity contribution >= 4 is 23.7 Å². The summed E-state index contributed by atoms with van der Waals surface area (Å²) in [7, 11) is 0. The Hall–Kier alpha value is -2.13. The molecule has 1 unspecified atom stereocenters. The van der Waals surface area contributed by atoms with Crippen LogP contribution in [0.5, 0.6) is 0 Å². The quantitative estimate of drug-likeness (QED) is 0.476. The number of fused-ring (bicyclic) bond motifs is 4. The van der Waals surface area contributed by atoms with Crippen LogP contribution in [0, 0.1) is 10.1 Å². The number of hydrogen-bond donors (Lipinski definition) is 2. The zero-order valence-corrected chi connectivity index (χ0v) is 13.7. The van der Waals surface area contributed by atoms with Gasteiger partial charge in [-0.1, -0.05) is 0 Å². The number of carbonyl (C=O) groups excluding carboxylic acids is 1. The molecule has 4 rings (SSSR count). The van der Waals surface area contributed by atoms with Crippen LogP contribution in [0.3, 0.4) is 0 Å². The highest BCUT2D eigenvalue weighted by molar-refractivity contribution is 8.00. The zero-order valence-electron chi connectivity index (χ0n) is 12.8. The maximum atomic E-state index is 11.1. The van der Waals surface area contributed by atoms with E-state index in [1.807, 2.05) is 0 Å². The number of carboxylic acids is 1. The van der Waals surface area contributed by atoms with E-state index >= 15 is 0 Å². The zero-order chi connectivity index (χ0) is 17.5. The van der Waals surface area contributed by atoms with E-state index in [4.69, 9.17) is 5.11 Å². The van der Waals surface area contributed by atoms with Crippen LogP contribution in [0.25, 0.3) is 0 Å². The molecular formula is C15H18N2O6S. The summed E-state index contributed by atoms with van der Waals surface area (Å²) in [5.41, 5.74) is 0.729. The molecule has 0 aliphatic carbocycles. The van der Waals surface area contributed by atoms with Gasteiger partial charge in [0.25, 0.3) is 0 Å². The first-order chi connectivity index (χ1) is 11.5. The number of hydrogen-bond acceptors (Lipinski definition) is 7. The number of esters is 1. The normalized spacial score (nSPS) is 19.7. The van der Waals surface area contributed by atoms with E-state index in [1.54, 1.807) is 11.8 Å². The summed E-state index contributed by atoms with van der Waals surface area (Å²) in [6.07, 6.45) is 0.857. The lowest BCUT2D eigenvalue weighted by atomic mass is 10.1. The van der Waals surface area contributed by atoms with Crippen molar-refractivity contribution in [2.45, 2.75) is 24.3 Å². The Bertz CT molecular complexity index is 600. The van der Waals surface area contributed by atoms with Gasteiger partial charge in [-0.15, -0.1) is 11.8 Å². The highest BCUT2D eigenvalue weighted by atomic mass is 32.2. The molecule has 3 aliphatic heterocycles. The highest BCUT2D eigenvalue weighted by Gasteiger charge is 2.30. The van der Waals surface area contributed by atoms with Crippen LogP contribution in [-0.2, 0) is 9.53 Å². The van der Waals surface area contributed by atoms with Gasteiger partial charge in [0.05, 0.1) is 21.8 Å². The molecule has 0 amide bonds. The lowest BCUT2D eigenvalue weighted by Gasteiger charge is -2.20. The Morgan fingerprint density at radius 2 is 1.96 bits per heavy atom. The van der Waals surface area contributed by atoms with Crippen molar-refractivity contribution in [3.05, 3.63) is 45.5 Å². The molecule has 2 bridgehead atoms. The largest absolute Gasteiger partial charge is 0.481 e. The number of rotatable bonds is 4. The first-order valence-corrected chi connectivity index (χ1v) is 8.51. The third kappa shape index (κ3) is 5.20. The molecule has 3 aliphatic rings. The molecule has 0 aromatic heterocycles. The van der Waals surface area contributed by atoms with E-state index < -0.39 is 23.1 Å². The number of aliphatic carboxylic acids is 1. The molecule has 0 saturated carbocycles. The van der Waals surface area contributed by atoms with Crippen LogP contribution in [0.4, 0.5) is 0 Å². The van der Waals surface area contributed by atoms with Crippen molar-refractivity contribution in [3.63, 3.8) is 0 Å². The summed E-state index contributed by atoms with van der Waals surface area (Å²) < 4.78 is 4.62. The standard InChI is InChI=1S/C8H5NO4.C7H13NO2S/c10-8-6-3-1-5(2-4-6)7(13-8)9(11)12;9-7(10)5-11-6-1-3-8-4-2-6/h1-4,7H;6,8H,1-5H2,(H,9,10). The number of nitrogens with zero attached hydrogens (tertiary/aromatic N) is 1. The monoisotopic (exact) mass is 354 g/mol. The van der Waals surface area contributed by atoms with E-state index in [9.17, 15) is 19.7 Å². The summed E-state index contributed by atoms with van der Waals surface area (Å²) in [6, 6.07) is 6.07. The third-order valence-electron chi connectivity index (χ3n) is 3.57. The average molecular weight is 354 g/mol. The van der Waals surface area contributed by atoms with Gasteiger partial charge in [0.15, 0.2) is 0 Å². The van der Waals surface area contributed by atoms with Crippen molar-refractivity contribution in [3.8, 4) is 0 Å². The Labute approximate surface area is 142 Å². The Morgan fingerprint density at radius 1 is 1.33 bits per heavy atom. The second-order valence-corrected chi connectivity index (χ2v) is 6.61. The first-order valence-electron chi connectivity index (χ1n) is 7.46. The van der Waals surface area contributed by atoms with Crippen LogP contribution in [0.1, 0.15) is 35.0 Å². The van der Waals surface area contributed by atoms with E-state index in [1.165, 1.54) is 24.3 Å². The van der Waals surface area contributed by atoms with E-state index in [0.717, 1.165) is 25.9 Å². The molecule has 9 heteroatoms. The Morgan fingerprint density at radius 3 is 2.50 bits per heavy atom. The molecule has 1 aromatic carbocycles. The minimum absolute atomic E-state index is 0.255. The lowest BCUT2D eigenvalue weighted by molar-refractivity contribution is -0.574. The Balaban J connectivity index is 0.000000177. The molecule has 0 radical (unpaired) electrons. The molecule has 2 N–H and O–H groups in total. The van der Waals surface area contributed by atoms with Gasteiger partial charge in [0.1, 0.15) is 0 Å². The van der Waals surface area contributed by atoms with Gasteiger partial charge in [-0.25, -0.2) is 4.79 Å². The summed E-state index contributed by atoms with van der Waals surface area (Å²) >= 11 is 1.57. The molecule has 130 valence electrons. The van der Waals surface area contributed by atoms with E-state index in [2.05, 4.69) is 10.1 Å². The Kier molecular flexibility index (Phi) is 6.56. The molecule has 8 nitrogen and oxygen atoms in total. The molecule has 0 spiro atoms. The van der Waals surface area contributed by atoms with Crippen molar-refractivity contribution in [2.24, 2.45) is 0 Å². The van der Waals surface area contributed by atoms with E-state index in [0.29, 0.717) is 16.4 Å². The molecule has 1 atom stereocenters. The minimum atomic E-state index is -1.36. The van der Waals surface area contributed by atoms with Crippen molar-refractivity contribution in [1.82, 2.24) is 5.32 Å². The second kappa shape index (κ2) is 8.65. The molecular weight excluding hydrogens is 336 g/mol. The number of carboxylic acid groups (broad SMARTS) is 1. The number of carbonyl (C=O) groups is 2. The van der Waals surface area contributed by atoms with Gasteiger partial charge in [-0.2, -0.15) is 0 Å². The first kappa shape index (κ1) is 18.2. The van der Waals surface area contributed by atoms with Gasteiger partial charge in [0, 0.05) is 5.25 Å².